The van der Waals surface area contributed by atoms with Gasteiger partial charge in [0.1, 0.15) is 12.4 Å². The third-order valence-electron chi connectivity index (χ3n) is 6.16. The van der Waals surface area contributed by atoms with Gasteiger partial charge in [-0.25, -0.2) is 4.39 Å². The molecule has 168 valence electrons. The summed E-state index contributed by atoms with van der Waals surface area (Å²) in [6.07, 6.45) is 6.84. The Balaban J connectivity index is 0.00000272. The second kappa shape index (κ2) is 9.97. The van der Waals surface area contributed by atoms with E-state index < -0.39 is 0 Å². The molecule has 9 heteroatoms. The number of guanidine groups is 1. The average molecular weight is 540 g/mol. The molecule has 4 rings (SSSR count). The third-order valence-corrected chi connectivity index (χ3v) is 6.16. The van der Waals surface area contributed by atoms with Gasteiger partial charge in [-0.05, 0) is 37.5 Å². The van der Waals surface area contributed by atoms with Gasteiger partial charge < -0.3 is 15.1 Å². The summed E-state index contributed by atoms with van der Waals surface area (Å²) in [6.45, 7) is 4.98. The van der Waals surface area contributed by atoms with Crippen LogP contribution in [0.1, 0.15) is 31.7 Å². The molecule has 1 aliphatic heterocycles. The van der Waals surface area contributed by atoms with Crippen molar-refractivity contribution < 1.29 is 9.18 Å². The molecule has 0 unspecified atom stereocenters. The molecule has 0 bridgehead atoms. The van der Waals surface area contributed by atoms with E-state index >= 15 is 0 Å². The highest BCUT2D eigenvalue weighted by Crippen LogP contribution is 2.44. The molecule has 1 aromatic carbocycles. The van der Waals surface area contributed by atoms with Gasteiger partial charge in [0, 0.05) is 38.3 Å². The Morgan fingerprint density at radius 3 is 2.55 bits per heavy atom. The molecule has 2 heterocycles. The van der Waals surface area contributed by atoms with Gasteiger partial charge in [0.05, 0.1) is 18.4 Å². The zero-order valence-corrected chi connectivity index (χ0v) is 20.4. The standard InChI is InChI=1S/C22H29FN6O.HI/c1-3-24-21(25-16-22(9-4-10-22)17-5-7-18(23)8-6-17)28-11-12-29(20(30)15-28)19-13-26-27(2)14-19;/h5-8,13-14H,3-4,9-12,15-16H2,1-2H3,(H,24,25);1H. The topological polar surface area (TPSA) is 65.8 Å². The van der Waals surface area contributed by atoms with Gasteiger partial charge in [0.2, 0.25) is 5.91 Å². The number of nitrogens with zero attached hydrogens (tertiary/aromatic N) is 5. The van der Waals surface area contributed by atoms with E-state index in [9.17, 15) is 9.18 Å². The van der Waals surface area contributed by atoms with Crippen molar-refractivity contribution >= 4 is 41.5 Å². The van der Waals surface area contributed by atoms with Crippen molar-refractivity contribution in [2.75, 3.05) is 37.6 Å². The number of benzene rings is 1. The number of aliphatic imine (C=N–C) groups is 1. The molecule has 2 aromatic rings. The van der Waals surface area contributed by atoms with Crippen molar-refractivity contribution in [3.05, 3.63) is 48.0 Å². The summed E-state index contributed by atoms with van der Waals surface area (Å²) in [5.41, 5.74) is 1.94. The van der Waals surface area contributed by atoms with Gasteiger partial charge >= 0.3 is 0 Å². The Labute approximate surface area is 199 Å². The van der Waals surface area contributed by atoms with Gasteiger partial charge in [-0.1, -0.05) is 18.6 Å². The molecule has 1 amide bonds. The van der Waals surface area contributed by atoms with Crippen LogP contribution in [0.3, 0.4) is 0 Å². The smallest absolute Gasteiger partial charge is 0.246 e. The molecule has 31 heavy (non-hydrogen) atoms. The van der Waals surface area contributed by atoms with E-state index in [1.165, 1.54) is 12.1 Å². The second-order valence-corrected chi connectivity index (χ2v) is 8.15. The van der Waals surface area contributed by atoms with Crippen LogP contribution in [0.4, 0.5) is 10.1 Å². The minimum atomic E-state index is -0.213. The summed E-state index contributed by atoms with van der Waals surface area (Å²) >= 11 is 0. The molecule has 1 aromatic heterocycles. The van der Waals surface area contributed by atoms with Crippen molar-refractivity contribution in [3.63, 3.8) is 0 Å². The van der Waals surface area contributed by atoms with E-state index in [4.69, 9.17) is 4.99 Å². The van der Waals surface area contributed by atoms with Crippen LogP contribution in [0.15, 0.2) is 41.7 Å². The van der Waals surface area contributed by atoms with Gasteiger partial charge in [-0.3, -0.25) is 14.5 Å². The van der Waals surface area contributed by atoms with E-state index in [1.807, 2.05) is 37.2 Å². The molecule has 0 atom stereocenters. The Kier molecular flexibility index (Phi) is 7.55. The summed E-state index contributed by atoms with van der Waals surface area (Å²) in [7, 11) is 1.84. The fourth-order valence-electron chi connectivity index (χ4n) is 4.27. The maximum absolute atomic E-state index is 13.4. The molecule has 7 nitrogen and oxygen atoms in total. The largest absolute Gasteiger partial charge is 0.357 e. The van der Waals surface area contributed by atoms with E-state index in [0.717, 1.165) is 43.0 Å². The Morgan fingerprint density at radius 1 is 1.26 bits per heavy atom. The number of nitrogens with one attached hydrogen (secondary N) is 1. The number of piperazine rings is 1. The first-order chi connectivity index (χ1) is 14.5. The fourth-order valence-corrected chi connectivity index (χ4v) is 4.27. The number of aryl methyl sites for hydroxylation is 1. The quantitative estimate of drug-likeness (QED) is 0.360. The normalized spacial score (nSPS) is 18.4. The van der Waals surface area contributed by atoms with Crippen molar-refractivity contribution in [1.29, 1.82) is 0 Å². The average Bonchev–Trinajstić information content (AvgIpc) is 3.13. The third kappa shape index (κ3) is 5.02. The number of amides is 1. The van der Waals surface area contributed by atoms with Crippen LogP contribution in [0, 0.1) is 5.82 Å². The van der Waals surface area contributed by atoms with Gasteiger partial charge in [-0.2, -0.15) is 5.10 Å². The lowest BCUT2D eigenvalue weighted by atomic mass is 9.64. The highest BCUT2D eigenvalue weighted by Gasteiger charge is 2.39. The predicted octanol–water partition coefficient (Wildman–Crippen LogP) is 2.91. The van der Waals surface area contributed by atoms with Crippen LogP contribution in [0.5, 0.6) is 0 Å². The predicted molar refractivity (Wildman–Crippen MR) is 130 cm³/mol. The number of hydrogen-bond acceptors (Lipinski definition) is 3. The molecule has 0 spiro atoms. The van der Waals surface area contributed by atoms with Gasteiger partial charge in [0.15, 0.2) is 5.96 Å². The molecule has 1 saturated carbocycles. The van der Waals surface area contributed by atoms with E-state index in [2.05, 4.69) is 10.4 Å². The SMILES string of the molecule is CCNC(=NCC1(c2ccc(F)cc2)CCC1)N1CCN(c2cnn(C)c2)C(=O)C1.I. The summed E-state index contributed by atoms with van der Waals surface area (Å²) < 4.78 is 15.1. The number of rotatable bonds is 5. The minimum Gasteiger partial charge on any atom is -0.357 e. The molecule has 2 fully saturated rings. The second-order valence-electron chi connectivity index (χ2n) is 8.15. The van der Waals surface area contributed by atoms with Gasteiger partial charge in [0.25, 0.3) is 0 Å². The molecule has 1 aliphatic carbocycles. The maximum Gasteiger partial charge on any atom is 0.246 e. The number of carbonyl (C=O) groups excluding carboxylic acids is 1. The molecular weight excluding hydrogens is 510 g/mol. The summed E-state index contributed by atoms with van der Waals surface area (Å²) in [5.74, 6) is 0.594. The number of halogens is 2. The summed E-state index contributed by atoms with van der Waals surface area (Å²) in [6, 6.07) is 6.82. The first-order valence-corrected chi connectivity index (χ1v) is 10.6. The zero-order chi connectivity index (χ0) is 21.1. The van der Waals surface area contributed by atoms with E-state index in [-0.39, 0.29) is 47.7 Å². The first kappa shape index (κ1) is 23.5. The van der Waals surface area contributed by atoms with Crippen LogP contribution < -0.4 is 10.2 Å². The first-order valence-electron chi connectivity index (χ1n) is 10.6. The fraction of sp³-hybridized carbons (Fsp3) is 0.500. The summed E-state index contributed by atoms with van der Waals surface area (Å²) in [4.78, 5) is 21.5. The maximum atomic E-state index is 13.4. The number of aromatic nitrogens is 2. The van der Waals surface area contributed by atoms with E-state index in [1.54, 1.807) is 15.8 Å². The zero-order valence-electron chi connectivity index (χ0n) is 18.1. The Morgan fingerprint density at radius 2 is 2.00 bits per heavy atom. The molecule has 1 N–H and O–H groups in total. The number of anilines is 1. The highest BCUT2D eigenvalue weighted by atomic mass is 127. The number of hydrogen-bond donors (Lipinski definition) is 1. The molecule has 1 saturated heterocycles. The summed E-state index contributed by atoms with van der Waals surface area (Å²) in [5, 5.41) is 7.51. The van der Waals surface area contributed by atoms with Crippen molar-refractivity contribution in [3.8, 4) is 0 Å². The monoisotopic (exact) mass is 540 g/mol. The van der Waals surface area contributed by atoms with Gasteiger partial charge in [-0.15, -0.1) is 24.0 Å². The lowest BCUT2D eigenvalue weighted by Gasteiger charge is -2.42. The highest BCUT2D eigenvalue weighted by molar-refractivity contribution is 14.0. The Hall–Kier alpha value is -2.17. The van der Waals surface area contributed by atoms with Crippen LogP contribution in [0.2, 0.25) is 0 Å². The lowest BCUT2D eigenvalue weighted by molar-refractivity contribution is -0.120. The van der Waals surface area contributed by atoms with Crippen LogP contribution >= 0.6 is 24.0 Å². The molecule has 2 aliphatic rings. The van der Waals surface area contributed by atoms with E-state index in [0.29, 0.717) is 19.6 Å². The lowest BCUT2D eigenvalue weighted by Crippen LogP contribution is -2.55. The number of carbonyl (C=O) groups is 1. The van der Waals surface area contributed by atoms with Crippen LogP contribution in [0.25, 0.3) is 0 Å². The molecule has 0 radical (unpaired) electrons. The Bertz CT molecular complexity index is 924. The van der Waals surface area contributed by atoms with Crippen molar-refractivity contribution in [2.24, 2.45) is 12.0 Å². The van der Waals surface area contributed by atoms with Crippen molar-refractivity contribution in [1.82, 2.24) is 20.0 Å². The van der Waals surface area contributed by atoms with Crippen LogP contribution in [-0.2, 0) is 17.3 Å². The minimum absolute atomic E-state index is 0. The molecular formula is C22H30FIN6O. The van der Waals surface area contributed by atoms with Crippen LogP contribution in [-0.4, -0.2) is 59.3 Å². The van der Waals surface area contributed by atoms with Crippen molar-refractivity contribution in [2.45, 2.75) is 31.6 Å².